The first-order valence-corrected chi connectivity index (χ1v) is 4.86. The van der Waals surface area contributed by atoms with E-state index in [1.165, 1.54) is 0 Å². The Balaban J connectivity index is 2.40. The van der Waals surface area contributed by atoms with Crippen LogP contribution in [0.4, 0.5) is 0 Å². The Hall–Kier alpha value is 0.460. The molecule has 0 fully saturated rings. The topological polar surface area (TPSA) is 32.6 Å². The highest BCUT2D eigenvalue weighted by molar-refractivity contribution is 9.09. The van der Waals surface area contributed by atoms with Crippen LogP contribution in [-0.2, 0) is 0 Å². The van der Waals surface area contributed by atoms with E-state index < -0.39 is 0 Å². The fourth-order valence-corrected chi connectivity index (χ4v) is 1.99. The molecule has 9 heavy (non-hydrogen) atoms. The lowest BCUT2D eigenvalue weighted by molar-refractivity contribution is 0.271. The Bertz CT molecular complexity index is 128. The monoisotopic (exact) mass is 209 g/mol. The standard InChI is InChI=1S/C5H8BrNOS/c6-3-4(8)5-7-1-2-9-5/h4,8H,1-3H2. The van der Waals surface area contributed by atoms with Crippen LogP contribution in [0.2, 0.25) is 0 Å². The summed E-state index contributed by atoms with van der Waals surface area (Å²) in [4.78, 5) is 4.11. The quantitative estimate of drug-likeness (QED) is 0.686. The number of thioether (sulfide) groups is 1. The second-order valence-electron chi connectivity index (χ2n) is 1.74. The molecule has 0 aromatic rings. The molecule has 1 unspecified atom stereocenters. The summed E-state index contributed by atoms with van der Waals surface area (Å²) in [6.45, 7) is 0.865. The number of nitrogens with zero attached hydrogens (tertiary/aromatic N) is 1. The molecule has 0 aromatic carbocycles. The average molecular weight is 210 g/mol. The Morgan fingerprint density at radius 2 is 2.67 bits per heavy atom. The van der Waals surface area contributed by atoms with Crippen molar-refractivity contribution >= 4 is 32.7 Å². The minimum absolute atomic E-state index is 0.377. The van der Waals surface area contributed by atoms with E-state index >= 15 is 0 Å². The highest BCUT2D eigenvalue weighted by atomic mass is 79.9. The largest absolute Gasteiger partial charge is 0.385 e. The summed E-state index contributed by atoms with van der Waals surface area (Å²) in [5, 5.41) is 10.6. The first-order chi connectivity index (χ1) is 4.34. The van der Waals surface area contributed by atoms with E-state index in [9.17, 15) is 0 Å². The zero-order valence-electron chi connectivity index (χ0n) is 4.88. The zero-order valence-corrected chi connectivity index (χ0v) is 7.28. The fraction of sp³-hybridized carbons (Fsp3) is 0.800. The van der Waals surface area contributed by atoms with Gasteiger partial charge < -0.3 is 5.11 Å². The molecule has 0 amide bonds. The van der Waals surface area contributed by atoms with Gasteiger partial charge in [-0.05, 0) is 0 Å². The van der Waals surface area contributed by atoms with Crippen LogP contribution in [-0.4, -0.2) is 33.9 Å². The van der Waals surface area contributed by atoms with E-state index in [-0.39, 0.29) is 6.10 Å². The summed E-state index contributed by atoms with van der Waals surface area (Å²) in [5.41, 5.74) is 0. The summed E-state index contributed by atoms with van der Waals surface area (Å²) in [6.07, 6.45) is -0.377. The van der Waals surface area contributed by atoms with Gasteiger partial charge in [0.2, 0.25) is 0 Å². The SMILES string of the molecule is OC(CBr)C1=NCCS1. The molecule has 0 saturated carbocycles. The van der Waals surface area contributed by atoms with Crippen molar-refractivity contribution in [3.8, 4) is 0 Å². The van der Waals surface area contributed by atoms with Crippen LogP contribution in [0.3, 0.4) is 0 Å². The maximum absolute atomic E-state index is 9.16. The van der Waals surface area contributed by atoms with E-state index in [0.717, 1.165) is 17.3 Å². The Morgan fingerprint density at radius 3 is 3.11 bits per heavy atom. The van der Waals surface area contributed by atoms with Crippen LogP contribution in [0.5, 0.6) is 0 Å². The van der Waals surface area contributed by atoms with Gasteiger partial charge in [0, 0.05) is 17.6 Å². The van der Waals surface area contributed by atoms with Crippen LogP contribution in [0.25, 0.3) is 0 Å². The van der Waals surface area contributed by atoms with Crippen molar-refractivity contribution in [2.24, 2.45) is 4.99 Å². The highest BCUT2D eigenvalue weighted by Crippen LogP contribution is 2.15. The van der Waals surface area contributed by atoms with E-state index in [1.807, 2.05) is 0 Å². The number of aliphatic imine (C=N–C) groups is 1. The van der Waals surface area contributed by atoms with Crippen LogP contribution < -0.4 is 0 Å². The molecule has 52 valence electrons. The molecule has 4 heteroatoms. The molecule has 1 atom stereocenters. The number of hydrogen-bond acceptors (Lipinski definition) is 3. The van der Waals surface area contributed by atoms with E-state index in [4.69, 9.17) is 5.11 Å². The summed E-state index contributed by atoms with van der Waals surface area (Å²) >= 11 is 4.83. The van der Waals surface area contributed by atoms with Crippen molar-refractivity contribution in [3.63, 3.8) is 0 Å². The van der Waals surface area contributed by atoms with E-state index in [1.54, 1.807) is 11.8 Å². The molecule has 0 radical (unpaired) electrons. The number of aliphatic hydroxyl groups is 1. The van der Waals surface area contributed by atoms with Crippen LogP contribution in [0.15, 0.2) is 4.99 Å². The molecule has 0 saturated heterocycles. The Kier molecular flexibility index (Phi) is 3.01. The van der Waals surface area contributed by atoms with E-state index in [0.29, 0.717) is 5.33 Å². The van der Waals surface area contributed by atoms with Crippen LogP contribution >= 0.6 is 27.7 Å². The smallest absolute Gasteiger partial charge is 0.111 e. The number of alkyl halides is 1. The molecular weight excluding hydrogens is 202 g/mol. The predicted molar refractivity (Wildman–Crippen MR) is 44.6 cm³/mol. The molecule has 0 aliphatic carbocycles. The van der Waals surface area contributed by atoms with Gasteiger partial charge in [0.15, 0.2) is 0 Å². The molecule has 0 aromatic heterocycles. The predicted octanol–water partition coefficient (Wildman–Crippen LogP) is 0.888. The first-order valence-electron chi connectivity index (χ1n) is 2.76. The molecule has 1 rings (SSSR count). The fourth-order valence-electron chi connectivity index (χ4n) is 0.619. The third-order valence-electron chi connectivity index (χ3n) is 1.04. The van der Waals surface area contributed by atoms with Gasteiger partial charge in [-0.15, -0.1) is 11.8 Å². The Labute approximate surface area is 66.9 Å². The maximum Gasteiger partial charge on any atom is 0.111 e. The average Bonchev–Trinajstić information content (AvgIpc) is 2.37. The van der Waals surface area contributed by atoms with Gasteiger partial charge in [-0.25, -0.2) is 0 Å². The van der Waals surface area contributed by atoms with Gasteiger partial charge in [-0.1, -0.05) is 15.9 Å². The maximum atomic E-state index is 9.16. The minimum Gasteiger partial charge on any atom is -0.385 e. The summed E-state index contributed by atoms with van der Waals surface area (Å²) in [5.74, 6) is 1.03. The van der Waals surface area contributed by atoms with Crippen molar-refractivity contribution in [2.45, 2.75) is 6.10 Å². The normalized spacial score (nSPS) is 21.8. The molecule has 0 spiro atoms. The van der Waals surface area contributed by atoms with Gasteiger partial charge in [0.1, 0.15) is 6.10 Å². The third-order valence-corrected chi connectivity index (χ3v) is 2.74. The summed E-state index contributed by atoms with van der Waals surface area (Å²) < 4.78 is 0. The Morgan fingerprint density at radius 1 is 1.89 bits per heavy atom. The molecule has 1 aliphatic rings. The number of rotatable bonds is 2. The number of aliphatic hydroxyl groups excluding tert-OH is 1. The highest BCUT2D eigenvalue weighted by Gasteiger charge is 2.14. The van der Waals surface area contributed by atoms with Gasteiger partial charge in [-0.2, -0.15) is 0 Å². The van der Waals surface area contributed by atoms with Crippen LogP contribution in [0.1, 0.15) is 0 Å². The molecule has 0 bridgehead atoms. The van der Waals surface area contributed by atoms with Crippen molar-refractivity contribution in [2.75, 3.05) is 17.6 Å². The van der Waals surface area contributed by atoms with Gasteiger partial charge >= 0.3 is 0 Å². The third kappa shape index (κ3) is 1.95. The van der Waals surface area contributed by atoms with E-state index in [2.05, 4.69) is 20.9 Å². The molecule has 1 N–H and O–H groups in total. The second kappa shape index (κ2) is 3.58. The molecular formula is C5H8BrNOS. The lowest BCUT2D eigenvalue weighted by Crippen LogP contribution is -2.16. The van der Waals surface area contributed by atoms with Gasteiger partial charge in [-0.3, -0.25) is 4.99 Å². The second-order valence-corrected chi connectivity index (χ2v) is 3.50. The molecule has 1 heterocycles. The van der Waals surface area contributed by atoms with Gasteiger partial charge in [0.25, 0.3) is 0 Å². The summed E-state index contributed by atoms with van der Waals surface area (Å²) in [7, 11) is 0. The number of hydrogen-bond donors (Lipinski definition) is 1. The van der Waals surface area contributed by atoms with Crippen molar-refractivity contribution in [3.05, 3.63) is 0 Å². The minimum atomic E-state index is -0.377. The van der Waals surface area contributed by atoms with Gasteiger partial charge in [0.05, 0.1) is 5.04 Å². The van der Waals surface area contributed by atoms with Crippen molar-refractivity contribution in [1.82, 2.24) is 0 Å². The van der Waals surface area contributed by atoms with Crippen molar-refractivity contribution < 1.29 is 5.11 Å². The lowest BCUT2D eigenvalue weighted by atomic mass is 10.4. The summed E-state index contributed by atoms with van der Waals surface area (Å²) in [6, 6.07) is 0. The number of halogens is 1. The van der Waals surface area contributed by atoms with Crippen LogP contribution in [0, 0.1) is 0 Å². The van der Waals surface area contributed by atoms with Crippen molar-refractivity contribution in [1.29, 1.82) is 0 Å². The lowest BCUT2D eigenvalue weighted by Gasteiger charge is -2.03. The molecule has 1 aliphatic heterocycles. The zero-order chi connectivity index (χ0) is 6.69. The first kappa shape index (κ1) is 7.57. The molecule has 2 nitrogen and oxygen atoms in total.